The van der Waals surface area contributed by atoms with E-state index in [4.69, 9.17) is 6.57 Å². The Balaban J connectivity index is 1.56. The van der Waals surface area contributed by atoms with E-state index in [2.05, 4.69) is 44.5 Å². The topological polar surface area (TPSA) is 58.6 Å². The normalized spacial score (nSPS) is 19.1. The van der Waals surface area contributed by atoms with Crippen LogP contribution in [0.5, 0.6) is 0 Å². The van der Waals surface area contributed by atoms with Gasteiger partial charge in [-0.15, -0.1) is 4.98 Å². The van der Waals surface area contributed by atoms with Gasteiger partial charge in [-0.05, 0) is 62.2 Å². The molecular formula is C29H29FN6O. The van der Waals surface area contributed by atoms with Crippen LogP contribution in [0, 0.1) is 19.3 Å². The van der Waals surface area contributed by atoms with E-state index in [0.717, 1.165) is 22.5 Å². The van der Waals surface area contributed by atoms with Crippen LogP contribution in [0.15, 0.2) is 65.6 Å². The lowest BCUT2D eigenvalue weighted by atomic mass is 9.94. The van der Waals surface area contributed by atoms with Crippen molar-refractivity contribution in [2.24, 2.45) is 7.05 Å². The second-order valence-corrected chi connectivity index (χ2v) is 9.81. The fourth-order valence-electron chi connectivity index (χ4n) is 5.32. The van der Waals surface area contributed by atoms with Gasteiger partial charge >= 0.3 is 0 Å². The van der Waals surface area contributed by atoms with Crippen molar-refractivity contribution in [3.05, 3.63) is 105 Å². The number of benzene rings is 1. The molecule has 3 aromatic heterocycles. The molecule has 0 bridgehead atoms. The predicted molar refractivity (Wildman–Crippen MR) is 143 cm³/mol. The fourth-order valence-corrected chi connectivity index (χ4v) is 5.32. The van der Waals surface area contributed by atoms with Crippen molar-refractivity contribution in [1.82, 2.24) is 19.4 Å². The van der Waals surface area contributed by atoms with E-state index in [9.17, 15) is 9.18 Å². The van der Waals surface area contributed by atoms with E-state index in [1.165, 1.54) is 6.07 Å². The minimum atomic E-state index is -0.268. The number of rotatable bonds is 4. The molecule has 1 saturated heterocycles. The van der Waals surface area contributed by atoms with Gasteiger partial charge in [0.15, 0.2) is 0 Å². The molecule has 3 atom stereocenters. The van der Waals surface area contributed by atoms with Gasteiger partial charge in [0, 0.05) is 50.2 Å². The summed E-state index contributed by atoms with van der Waals surface area (Å²) in [7, 11) is 1.72. The number of piperazine rings is 1. The molecule has 1 fully saturated rings. The number of hydrogen-bond donors (Lipinski definition) is 0. The zero-order chi connectivity index (χ0) is 26.3. The van der Waals surface area contributed by atoms with Crippen LogP contribution in [0.4, 0.5) is 15.9 Å². The number of fused-ring (bicyclic) bond motifs is 1. The number of aryl methyl sites for hydroxylation is 2. The first kappa shape index (κ1) is 24.6. The maximum atomic E-state index is 14.3. The molecule has 188 valence electrons. The van der Waals surface area contributed by atoms with Gasteiger partial charge in [-0.3, -0.25) is 14.7 Å². The van der Waals surface area contributed by atoms with Crippen LogP contribution in [-0.4, -0.2) is 44.6 Å². The van der Waals surface area contributed by atoms with Crippen LogP contribution in [0.2, 0.25) is 0 Å². The number of anilines is 1. The van der Waals surface area contributed by atoms with E-state index in [0.29, 0.717) is 29.9 Å². The summed E-state index contributed by atoms with van der Waals surface area (Å²) in [6.45, 7) is 14.9. The molecule has 8 heteroatoms. The molecule has 0 saturated carbocycles. The molecule has 0 spiro atoms. The number of aromatic nitrogens is 3. The molecule has 4 aromatic rings. The summed E-state index contributed by atoms with van der Waals surface area (Å²) in [5, 5.41) is 0. The van der Waals surface area contributed by atoms with Crippen LogP contribution in [-0.2, 0) is 7.05 Å². The standard InChI is InChI=1S/C29H29FN6O/c1-18-9-10-22(15-32-18)29(21-7-6-8-23(30)13-21)36-17-19(2)35(16-20(36)3)25-14-27(37)34(5)24-11-12-26(31-4)33-28(24)25/h6-15,19-20,29H,16-17H2,1-3,5H3/t19-,20+,29?/m0/s1. The monoisotopic (exact) mass is 496 g/mol. The van der Waals surface area contributed by atoms with Crippen LogP contribution in [0.3, 0.4) is 0 Å². The van der Waals surface area contributed by atoms with Crippen molar-refractivity contribution in [1.29, 1.82) is 0 Å². The fraction of sp³-hybridized carbons (Fsp3) is 0.310. The average molecular weight is 497 g/mol. The van der Waals surface area contributed by atoms with Crippen molar-refractivity contribution < 1.29 is 4.39 Å². The molecule has 1 aliphatic heterocycles. The Hall–Kier alpha value is -4.09. The summed E-state index contributed by atoms with van der Waals surface area (Å²) in [5.41, 5.74) is 4.77. The van der Waals surface area contributed by atoms with Crippen molar-refractivity contribution in [3.8, 4) is 0 Å². The first-order valence-corrected chi connectivity index (χ1v) is 12.4. The lowest BCUT2D eigenvalue weighted by Crippen LogP contribution is -2.57. The van der Waals surface area contributed by atoms with E-state index >= 15 is 0 Å². The lowest BCUT2D eigenvalue weighted by molar-refractivity contribution is 0.129. The maximum absolute atomic E-state index is 14.3. The number of pyridine rings is 3. The summed E-state index contributed by atoms with van der Waals surface area (Å²) in [4.78, 5) is 30.0. The summed E-state index contributed by atoms with van der Waals surface area (Å²) in [6.07, 6.45) is 1.87. The first-order valence-electron chi connectivity index (χ1n) is 12.4. The Morgan fingerprint density at radius 2 is 1.86 bits per heavy atom. The van der Waals surface area contributed by atoms with Crippen LogP contribution in [0.25, 0.3) is 15.9 Å². The summed E-state index contributed by atoms with van der Waals surface area (Å²) < 4.78 is 15.9. The zero-order valence-electron chi connectivity index (χ0n) is 21.4. The van der Waals surface area contributed by atoms with Crippen molar-refractivity contribution >= 4 is 22.5 Å². The third-order valence-corrected chi connectivity index (χ3v) is 7.26. The van der Waals surface area contributed by atoms with E-state index in [-0.39, 0.29) is 29.5 Å². The second-order valence-electron chi connectivity index (χ2n) is 9.81. The smallest absolute Gasteiger partial charge is 0.270 e. The molecule has 0 N–H and O–H groups in total. The lowest BCUT2D eigenvalue weighted by Gasteiger charge is -2.48. The van der Waals surface area contributed by atoms with Gasteiger partial charge < -0.3 is 14.3 Å². The minimum Gasteiger partial charge on any atom is -0.362 e. The minimum absolute atomic E-state index is 0.0272. The molecule has 37 heavy (non-hydrogen) atoms. The molecule has 0 aliphatic carbocycles. The molecule has 7 nitrogen and oxygen atoms in total. The van der Waals surface area contributed by atoms with Crippen LogP contribution < -0.4 is 10.5 Å². The largest absolute Gasteiger partial charge is 0.362 e. The SMILES string of the molecule is [C-]#[N+]c1ccc2c(n1)c(N1C[C@@H](C)N(C(c3ccc(C)nc3)c3cccc(F)c3)C[C@@H]1C)cc(=O)n2C. The van der Waals surface area contributed by atoms with Crippen LogP contribution in [0.1, 0.15) is 36.7 Å². The van der Waals surface area contributed by atoms with Crippen molar-refractivity contribution in [2.45, 2.75) is 38.9 Å². The maximum Gasteiger partial charge on any atom is 0.270 e. The molecule has 5 rings (SSSR count). The zero-order valence-corrected chi connectivity index (χ0v) is 21.4. The Bertz CT molecular complexity index is 1560. The number of hydrogen-bond acceptors (Lipinski definition) is 5. The third kappa shape index (κ3) is 4.58. The van der Waals surface area contributed by atoms with E-state index in [1.807, 2.05) is 25.3 Å². The van der Waals surface area contributed by atoms with Crippen LogP contribution >= 0.6 is 0 Å². The van der Waals surface area contributed by atoms with E-state index < -0.39 is 0 Å². The number of halogens is 1. The highest BCUT2D eigenvalue weighted by molar-refractivity contribution is 5.89. The molecule has 0 amide bonds. The molecule has 1 aromatic carbocycles. The molecule has 1 aliphatic rings. The summed E-state index contributed by atoms with van der Waals surface area (Å²) in [5.74, 6) is 0.0278. The Kier molecular flexibility index (Phi) is 6.48. The van der Waals surface area contributed by atoms with Crippen molar-refractivity contribution in [2.75, 3.05) is 18.0 Å². The molecule has 4 heterocycles. The highest BCUT2D eigenvalue weighted by Crippen LogP contribution is 2.36. The quantitative estimate of drug-likeness (QED) is 0.372. The molecule has 0 radical (unpaired) electrons. The second kappa shape index (κ2) is 9.75. The van der Waals surface area contributed by atoms with Gasteiger partial charge in [-0.1, -0.05) is 24.8 Å². The highest BCUT2D eigenvalue weighted by Gasteiger charge is 2.36. The predicted octanol–water partition coefficient (Wildman–Crippen LogP) is 5.02. The molecular weight excluding hydrogens is 467 g/mol. The van der Waals surface area contributed by atoms with E-state index in [1.54, 1.807) is 41.9 Å². The van der Waals surface area contributed by atoms with Crippen molar-refractivity contribution in [3.63, 3.8) is 0 Å². The van der Waals surface area contributed by atoms with Gasteiger partial charge in [0.25, 0.3) is 11.4 Å². The Morgan fingerprint density at radius 1 is 1.05 bits per heavy atom. The molecule has 1 unspecified atom stereocenters. The van der Waals surface area contributed by atoms with Gasteiger partial charge in [0.1, 0.15) is 5.82 Å². The highest BCUT2D eigenvalue weighted by atomic mass is 19.1. The van der Waals surface area contributed by atoms with Gasteiger partial charge in [0.05, 0.1) is 17.2 Å². The van der Waals surface area contributed by atoms with Gasteiger partial charge in [-0.25, -0.2) is 4.39 Å². The number of nitrogens with zero attached hydrogens (tertiary/aromatic N) is 6. The van der Waals surface area contributed by atoms with Gasteiger partial charge in [0.2, 0.25) is 5.52 Å². The summed E-state index contributed by atoms with van der Waals surface area (Å²) >= 11 is 0. The Labute approximate surface area is 215 Å². The van der Waals surface area contributed by atoms with Gasteiger partial charge in [-0.2, -0.15) is 0 Å². The Morgan fingerprint density at radius 3 is 2.57 bits per heavy atom. The third-order valence-electron chi connectivity index (χ3n) is 7.26. The summed E-state index contributed by atoms with van der Waals surface area (Å²) in [6, 6.07) is 15.8. The first-order chi connectivity index (χ1) is 17.8. The average Bonchev–Trinajstić information content (AvgIpc) is 2.89.